The van der Waals surface area contributed by atoms with Gasteiger partial charge >= 0.3 is 0 Å². The zero-order valence-corrected chi connectivity index (χ0v) is 12.3. The van der Waals surface area contributed by atoms with Crippen molar-refractivity contribution in [3.8, 4) is 0 Å². The molecule has 110 valence electrons. The molecule has 1 fully saturated rings. The fraction of sp³-hybridized carbons (Fsp3) is 0.333. The van der Waals surface area contributed by atoms with Crippen molar-refractivity contribution in [1.82, 2.24) is 0 Å². The third-order valence-corrected chi connectivity index (χ3v) is 3.71. The first-order chi connectivity index (χ1) is 10.1. The molecule has 0 spiro atoms. The van der Waals surface area contributed by atoms with Gasteiger partial charge in [-0.3, -0.25) is 0 Å². The average molecular weight is 284 g/mol. The molecule has 1 N–H and O–H groups in total. The molecule has 0 amide bonds. The molecule has 0 saturated carbocycles. The lowest BCUT2D eigenvalue weighted by molar-refractivity contribution is -0.156. The summed E-state index contributed by atoms with van der Waals surface area (Å²) in [5.74, 6) is -0.707. The second kappa shape index (κ2) is 5.60. The largest absolute Gasteiger partial charge is 0.386 e. The molecule has 1 saturated heterocycles. The fourth-order valence-electron chi connectivity index (χ4n) is 2.76. The maximum Gasteiger partial charge on any atom is 0.164 e. The number of ether oxygens (including phenoxy) is 2. The molecule has 3 nitrogen and oxygen atoms in total. The van der Waals surface area contributed by atoms with Gasteiger partial charge in [-0.05, 0) is 25.0 Å². The first-order valence-electron chi connectivity index (χ1n) is 7.20. The molecule has 21 heavy (non-hydrogen) atoms. The summed E-state index contributed by atoms with van der Waals surface area (Å²) in [5, 5.41) is 10.7. The van der Waals surface area contributed by atoms with E-state index < -0.39 is 18.0 Å². The predicted octanol–water partition coefficient (Wildman–Crippen LogP) is 3.61. The topological polar surface area (TPSA) is 38.7 Å². The van der Waals surface area contributed by atoms with E-state index in [0.717, 1.165) is 11.1 Å². The van der Waals surface area contributed by atoms with Crippen LogP contribution in [0.15, 0.2) is 60.7 Å². The summed E-state index contributed by atoms with van der Waals surface area (Å²) in [6.45, 7) is 3.75. The van der Waals surface area contributed by atoms with Crippen molar-refractivity contribution < 1.29 is 14.6 Å². The predicted molar refractivity (Wildman–Crippen MR) is 80.6 cm³/mol. The second-order valence-corrected chi connectivity index (χ2v) is 5.79. The molecule has 1 aliphatic heterocycles. The Labute approximate surface area is 125 Å². The van der Waals surface area contributed by atoms with Gasteiger partial charge in [0.25, 0.3) is 0 Å². The Morgan fingerprint density at radius 1 is 0.905 bits per heavy atom. The molecule has 0 aliphatic carbocycles. The number of hydrogen-bond donors (Lipinski definition) is 1. The first-order valence-corrected chi connectivity index (χ1v) is 7.20. The Kier molecular flexibility index (Phi) is 3.81. The standard InChI is InChI=1S/C18H20O3/c1-18(2)20-16(14-11-7-4-8-12-14)17(21-18)15(19)13-9-5-3-6-10-13/h3-12,15-17,19H,1-2H3/t15-,16+,17+/m0/s1. The van der Waals surface area contributed by atoms with Gasteiger partial charge in [-0.15, -0.1) is 0 Å². The quantitative estimate of drug-likeness (QED) is 0.935. The third-order valence-electron chi connectivity index (χ3n) is 3.71. The molecule has 1 aliphatic rings. The van der Waals surface area contributed by atoms with Crippen LogP contribution in [-0.4, -0.2) is 17.0 Å². The Morgan fingerprint density at radius 2 is 1.48 bits per heavy atom. The molecule has 1 heterocycles. The maximum atomic E-state index is 10.7. The van der Waals surface area contributed by atoms with E-state index in [2.05, 4.69) is 0 Å². The number of aliphatic hydroxyl groups is 1. The van der Waals surface area contributed by atoms with E-state index in [1.807, 2.05) is 74.5 Å². The van der Waals surface area contributed by atoms with Crippen molar-refractivity contribution in [1.29, 1.82) is 0 Å². The minimum absolute atomic E-state index is 0.281. The van der Waals surface area contributed by atoms with Gasteiger partial charge in [0.2, 0.25) is 0 Å². The molecule has 0 radical (unpaired) electrons. The van der Waals surface area contributed by atoms with Crippen LogP contribution in [0.3, 0.4) is 0 Å². The molecular formula is C18H20O3. The van der Waals surface area contributed by atoms with Gasteiger partial charge in [-0.25, -0.2) is 0 Å². The third kappa shape index (κ3) is 3.00. The lowest BCUT2D eigenvalue weighted by Crippen LogP contribution is -2.26. The number of rotatable bonds is 3. The fourth-order valence-corrected chi connectivity index (χ4v) is 2.76. The highest BCUT2D eigenvalue weighted by Gasteiger charge is 2.45. The van der Waals surface area contributed by atoms with Gasteiger partial charge in [-0.1, -0.05) is 60.7 Å². The lowest BCUT2D eigenvalue weighted by atomic mass is 9.96. The van der Waals surface area contributed by atoms with Crippen LogP contribution in [-0.2, 0) is 9.47 Å². The summed E-state index contributed by atoms with van der Waals surface area (Å²) in [6.07, 6.45) is -1.43. The SMILES string of the molecule is CC1(C)O[C@H]([C@@H](O)c2ccccc2)[C@@H](c2ccccc2)O1. The molecule has 2 aromatic rings. The van der Waals surface area contributed by atoms with E-state index >= 15 is 0 Å². The van der Waals surface area contributed by atoms with Crippen LogP contribution in [0.25, 0.3) is 0 Å². The molecule has 0 aromatic heterocycles. The van der Waals surface area contributed by atoms with E-state index in [1.165, 1.54) is 0 Å². The summed E-state index contributed by atoms with van der Waals surface area (Å²) >= 11 is 0. The number of hydrogen-bond acceptors (Lipinski definition) is 3. The summed E-state index contributed by atoms with van der Waals surface area (Å²) in [4.78, 5) is 0. The Balaban J connectivity index is 1.91. The number of aliphatic hydroxyl groups excluding tert-OH is 1. The van der Waals surface area contributed by atoms with Crippen molar-refractivity contribution in [2.45, 2.75) is 37.9 Å². The lowest BCUT2D eigenvalue weighted by Gasteiger charge is -2.23. The monoisotopic (exact) mass is 284 g/mol. The summed E-state index contributed by atoms with van der Waals surface area (Å²) < 4.78 is 12.0. The zero-order chi connectivity index (χ0) is 14.9. The van der Waals surface area contributed by atoms with Crippen molar-refractivity contribution in [3.63, 3.8) is 0 Å². The Bertz CT molecular complexity index is 580. The molecule has 0 unspecified atom stereocenters. The maximum absolute atomic E-state index is 10.7. The number of benzene rings is 2. The van der Waals surface area contributed by atoms with Gasteiger partial charge in [0.15, 0.2) is 5.79 Å². The van der Waals surface area contributed by atoms with Crippen molar-refractivity contribution in [3.05, 3.63) is 71.8 Å². The van der Waals surface area contributed by atoms with Gasteiger partial charge in [0.05, 0.1) is 0 Å². The average Bonchev–Trinajstić information content (AvgIpc) is 2.84. The molecule has 3 rings (SSSR count). The molecule has 0 bridgehead atoms. The minimum atomic E-state index is -0.724. The van der Waals surface area contributed by atoms with Gasteiger partial charge in [-0.2, -0.15) is 0 Å². The van der Waals surface area contributed by atoms with Crippen molar-refractivity contribution in [2.75, 3.05) is 0 Å². The van der Waals surface area contributed by atoms with E-state index in [0.29, 0.717) is 0 Å². The molecule has 3 heteroatoms. The van der Waals surface area contributed by atoms with E-state index in [9.17, 15) is 5.11 Å². The van der Waals surface area contributed by atoms with Crippen LogP contribution >= 0.6 is 0 Å². The van der Waals surface area contributed by atoms with E-state index in [4.69, 9.17) is 9.47 Å². The van der Waals surface area contributed by atoms with Crippen molar-refractivity contribution >= 4 is 0 Å². The second-order valence-electron chi connectivity index (χ2n) is 5.79. The summed E-state index contributed by atoms with van der Waals surface area (Å²) in [6, 6.07) is 19.5. The molecule has 2 aromatic carbocycles. The Hall–Kier alpha value is -1.68. The molecule has 3 atom stereocenters. The van der Waals surface area contributed by atoms with E-state index in [1.54, 1.807) is 0 Å². The molecular weight excluding hydrogens is 264 g/mol. The van der Waals surface area contributed by atoms with Gasteiger partial charge in [0, 0.05) is 0 Å². The van der Waals surface area contributed by atoms with Crippen LogP contribution in [0.1, 0.15) is 37.2 Å². The van der Waals surface area contributed by atoms with Gasteiger partial charge in [0.1, 0.15) is 18.3 Å². The zero-order valence-electron chi connectivity index (χ0n) is 12.3. The van der Waals surface area contributed by atoms with Crippen LogP contribution in [0.5, 0.6) is 0 Å². The minimum Gasteiger partial charge on any atom is -0.386 e. The van der Waals surface area contributed by atoms with Crippen LogP contribution in [0.4, 0.5) is 0 Å². The first kappa shape index (κ1) is 14.3. The van der Waals surface area contributed by atoms with Crippen molar-refractivity contribution in [2.24, 2.45) is 0 Å². The summed E-state index contributed by atoms with van der Waals surface area (Å²) in [5.41, 5.74) is 1.85. The van der Waals surface area contributed by atoms with Crippen LogP contribution < -0.4 is 0 Å². The van der Waals surface area contributed by atoms with Crippen LogP contribution in [0.2, 0.25) is 0 Å². The van der Waals surface area contributed by atoms with E-state index in [-0.39, 0.29) is 6.10 Å². The highest BCUT2D eigenvalue weighted by Crippen LogP contribution is 2.43. The highest BCUT2D eigenvalue weighted by atomic mass is 16.8. The summed E-state index contributed by atoms with van der Waals surface area (Å²) in [7, 11) is 0. The Morgan fingerprint density at radius 3 is 2.10 bits per heavy atom. The van der Waals surface area contributed by atoms with Crippen LogP contribution in [0, 0.1) is 0 Å². The van der Waals surface area contributed by atoms with Gasteiger partial charge < -0.3 is 14.6 Å². The normalized spacial score (nSPS) is 25.7. The highest BCUT2D eigenvalue weighted by molar-refractivity contribution is 5.24. The smallest absolute Gasteiger partial charge is 0.164 e.